The predicted molar refractivity (Wildman–Crippen MR) is 120 cm³/mol. The summed E-state index contributed by atoms with van der Waals surface area (Å²) in [5.74, 6) is 0.478. The van der Waals surface area contributed by atoms with Crippen molar-refractivity contribution in [2.75, 3.05) is 13.1 Å². The van der Waals surface area contributed by atoms with E-state index in [9.17, 15) is 14.0 Å². The second-order valence-electron chi connectivity index (χ2n) is 8.03. The lowest BCUT2D eigenvalue weighted by atomic mass is 10.0. The molecule has 6 nitrogen and oxygen atoms in total. The zero-order valence-corrected chi connectivity index (χ0v) is 18.9. The highest BCUT2D eigenvalue weighted by atomic mass is 19.1. The highest BCUT2D eigenvalue weighted by Crippen LogP contribution is 2.25. The molecule has 170 valence electrons. The first-order valence-electron chi connectivity index (χ1n) is 10.9. The molecule has 1 aromatic carbocycles. The number of carbonyl (C=O) groups excluding carboxylic acids is 2. The maximum atomic E-state index is 13.6. The lowest BCUT2D eigenvalue weighted by Gasteiger charge is -2.38. The van der Waals surface area contributed by atoms with Crippen molar-refractivity contribution in [2.45, 2.75) is 65.6 Å². The predicted octanol–water partition coefficient (Wildman–Crippen LogP) is 4.77. The Labute approximate surface area is 184 Å². The molecule has 1 aromatic rings. The van der Waals surface area contributed by atoms with Gasteiger partial charge in [-0.25, -0.2) is 9.18 Å². The van der Waals surface area contributed by atoms with E-state index in [0.29, 0.717) is 18.5 Å². The van der Waals surface area contributed by atoms with Crippen LogP contribution in [-0.4, -0.2) is 47.5 Å². The van der Waals surface area contributed by atoms with Crippen LogP contribution in [0.3, 0.4) is 0 Å². The number of urea groups is 1. The van der Waals surface area contributed by atoms with E-state index in [4.69, 9.17) is 4.74 Å². The van der Waals surface area contributed by atoms with Crippen LogP contribution >= 0.6 is 0 Å². The third-order valence-electron chi connectivity index (χ3n) is 5.04. The van der Waals surface area contributed by atoms with Crippen LogP contribution in [0.2, 0.25) is 0 Å². The van der Waals surface area contributed by atoms with Gasteiger partial charge in [0.2, 0.25) is 6.41 Å². The minimum Gasteiger partial charge on any atom is -0.491 e. The highest BCUT2D eigenvalue weighted by Gasteiger charge is 2.30. The molecule has 2 rings (SSSR count). The number of piperidine rings is 1. The summed E-state index contributed by atoms with van der Waals surface area (Å²) in [4.78, 5) is 27.3. The summed E-state index contributed by atoms with van der Waals surface area (Å²) >= 11 is 0. The van der Waals surface area contributed by atoms with Crippen molar-refractivity contribution in [1.82, 2.24) is 15.1 Å². The number of hydrogen-bond acceptors (Lipinski definition) is 4. The number of nitrogens with one attached hydrogen (secondary N) is 1. The molecule has 0 bridgehead atoms. The van der Waals surface area contributed by atoms with Crippen molar-refractivity contribution in [3.05, 3.63) is 53.5 Å². The van der Waals surface area contributed by atoms with Crippen molar-refractivity contribution in [1.29, 1.82) is 0 Å². The topological polar surface area (TPSA) is 61.9 Å². The van der Waals surface area contributed by atoms with Gasteiger partial charge in [0.05, 0.1) is 11.9 Å². The maximum absolute atomic E-state index is 13.6. The third-order valence-corrected chi connectivity index (χ3v) is 5.04. The van der Waals surface area contributed by atoms with Crippen molar-refractivity contribution in [3.63, 3.8) is 0 Å². The molecule has 1 aliphatic heterocycles. The number of ether oxygens (including phenoxy) is 1. The normalized spacial score (nSPS) is 16.3. The fourth-order valence-corrected chi connectivity index (χ4v) is 3.84. The Morgan fingerprint density at radius 3 is 2.65 bits per heavy atom. The van der Waals surface area contributed by atoms with Gasteiger partial charge in [0.25, 0.3) is 0 Å². The van der Waals surface area contributed by atoms with Crippen molar-refractivity contribution in [3.8, 4) is 5.75 Å². The smallest absolute Gasteiger partial charge is 0.328 e. The minimum absolute atomic E-state index is 0.111. The Morgan fingerprint density at radius 2 is 2.06 bits per heavy atom. The average Bonchev–Trinajstić information content (AvgIpc) is 2.69. The molecule has 1 N–H and O–H groups in total. The number of nitrogens with zero attached hydrogens (tertiary/aromatic N) is 2. The van der Waals surface area contributed by atoms with E-state index < -0.39 is 6.03 Å². The van der Waals surface area contributed by atoms with Gasteiger partial charge in [0, 0.05) is 31.4 Å². The van der Waals surface area contributed by atoms with Crippen LogP contribution < -0.4 is 10.1 Å². The van der Waals surface area contributed by atoms with Crippen LogP contribution in [0.4, 0.5) is 9.18 Å². The van der Waals surface area contributed by atoms with Crippen LogP contribution in [0.1, 0.15) is 52.5 Å². The van der Waals surface area contributed by atoms with Crippen molar-refractivity contribution in [2.24, 2.45) is 0 Å². The summed E-state index contributed by atoms with van der Waals surface area (Å²) in [6.45, 7) is 9.67. The minimum atomic E-state index is -0.524. The first-order valence-corrected chi connectivity index (χ1v) is 10.9. The quantitative estimate of drug-likeness (QED) is 0.452. The fraction of sp³-hybridized carbons (Fsp3) is 0.500. The van der Waals surface area contributed by atoms with E-state index in [2.05, 4.69) is 22.3 Å². The molecule has 1 fully saturated rings. The van der Waals surface area contributed by atoms with Crippen LogP contribution in [0.15, 0.2) is 47.9 Å². The lowest BCUT2D eigenvalue weighted by molar-refractivity contribution is -0.108. The van der Waals surface area contributed by atoms with E-state index in [-0.39, 0.29) is 18.0 Å². The number of halogens is 1. The van der Waals surface area contributed by atoms with Gasteiger partial charge < -0.3 is 4.74 Å². The standard InChI is InChI=1S/C24H34FN3O3/c1-5-7-22(14-19(4)25)28(24(30)26-17-29)21-10-12-27(13-11-21)16-20-8-6-9-23(15-20)31-18(2)3/h6-9,14-15,17-18,21H,5,10-13,16H2,1-4H3,(H,26,29,30)/b19-14+,22-7+. The van der Waals surface area contributed by atoms with Gasteiger partial charge in [-0.3, -0.25) is 19.9 Å². The van der Waals surface area contributed by atoms with E-state index >= 15 is 0 Å². The zero-order chi connectivity index (χ0) is 22.8. The molecule has 0 atom stereocenters. The number of allylic oxidation sites excluding steroid dienone is 3. The first kappa shape index (κ1) is 24.6. The molecule has 7 heteroatoms. The summed E-state index contributed by atoms with van der Waals surface area (Å²) < 4.78 is 19.4. The van der Waals surface area contributed by atoms with Crippen molar-refractivity contribution >= 4 is 12.4 Å². The van der Waals surface area contributed by atoms with Crippen LogP contribution in [-0.2, 0) is 11.3 Å². The molecule has 1 heterocycles. The van der Waals surface area contributed by atoms with Gasteiger partial charge >= 0.3 is 6.03 Å². The number of carbonyl (C=O) groups is 2. The Balaban J connectivity index is 2.08. The molecule has 0 saturated carbocycles. The summed E-state index contributed by atoms with van der Waals surface area (Å²) in [5, 5.41) is 2.21. The second-order valence-corrected chi connectivity index (χ2v) is 8.03. The highest BCUT2D eigenvalue weighted by molar-refractivity contribution is 5.86. The van der Waals surface area contributed by atoms with Gasteiger partial charge in [0.15, 0.2) is 0 Å². The monoisotopic (exact) mass is 431 g/mol. The SMILES string of the molecule is CC/C=C(\C=C(/C)F)N(C(=O)NC=O)C1CCN(Cc2cccc(OC(C)C)c2)CC1. The summed E-state index contributed by atoms with van der Waals surface area (Å²) in [5.41, 5.74) is 1.66. The fourth-order valence-electron chi connectivity index (χ4n) is 3.84. The maximum Gasteiger partial charge on any atom is 0.328 e. The van der Waals surface area contributed by atoms with E-state index in [0.717, 1.165) is 38.2 Å². The van der Waals surface area contributed by atoms with E-state index in [1.807, 2.05) is 32.9 Å². The Kier molecular flexibility index (Phi) is 9.72. The lowest BCUT2D eigenvalue weighted by Crippen LogP contribution is -2.49. The van der Waals surface area contributed by atoms with Crippen LogP contribution in [0.25, 0.3) is 0 Å². The molecule has 0 unspecified atom stereocenters. The van der Waals surface area contributed by atoms with Crippen LogP contribution in [0.5, 0.6) is 5.75 Å². The number of likely N-dealkylation sites (tertiary alicyclic amines) is 1. The van der Waals surface area contributed by atoms with Crippen LogP contribution in [0, 0.1) is 0 Å². The van der Waals surface area contributed by atoms with Gasteiger partial charge in [-0.15, -0.1) is 0 Å². The first-order chi connectivity index (χ1) is 14.8. The Hall–Kier alpha value is -2.67. The largest absolute Gasteiger partial charge is 0.491 e. The molecule has 0 radical (unpaired) electrons. The third kappa shape index (κ3) is 7.83. The van der Waals surface area contributed by atoms with Crippen molar-refractivity contribution < 1.29 is 18.7 Å². The molecular weight excluding hydrogens is 397 g/mol. The molecule has 0 aromatic heterocycles. The van der Waals surface area contributed by atoms with Gasteiger partial charge in [-0.2, -0.15) is 0 Å². The zero-order valence-electron chi connectivity index (χ0n) is 18.9. The number of rotatable bonds is 9. The molecular formula is C24H34FN3O3. The second kappa shape index (κ2) is 12.2. The summed E-state index contributed by atoms with van der Waals surface area (Å²) in [6, 6.07) is 7.47. The number of amides is 3. The molecule has 0 aliphatic carbocycles. The Bertz CT molecular complexity index is 795. The summed E-state index contributed by atoms with van der Waals surface area (Å²) in [7, 11) is 0. The number of imide groups is 1. The molecule has 3 amide bonds. The molecule has 31 heavy (non-hydrogen) atoms. The summed E-state index contributed by atoms with van der Waals surface area (Å²) in [6.07, 6.45) is 5.76. The number of benzene rings is 1. The molecule has 1 aliphatic rings. The molecule has 0 spiro atoms. The van der Waals surface area contributed by atoms with Gasteiger partial charge in [-0.1, -0.05) is 25.1 Å². The van der Waals surface area contributed by atoms with Gasteiger partial charge in [0.1, 0.15) is 5.75 Å². The van der Waals surface area contributed by atoms with E-state index in [1.165, 1.54) is 23.5 Å². The molecule has 1 saturated heterocycles. The average molecular weight is 432 g/mol. The Morgan fingerprint density at radius 1 is 1.35 bits per heavy atom. The van der Waals surface area contributed by atoms with E-state index in [1.54, 1.807) is 6.08 Å². The number of hydrogen-bond donors (Lipinski definition) is 1. The van der Waals surface area contributed by atoms with Gasteiger partial charge in [-0.05, 0) is 63.8 Å².